The summed E-state index contributed by atoms with van der Waals surface area (Å²) < 4.78 is 16.1. The van der Waals surface area contributed by atoms with Gasteiger partial charge in [0.2, 0.25) is 5.75 Å². The maximum atomic E-state index is 5.39. The lowest BCUT2D eigenvalue weighted by atomic mass is 10.00. The van der Waals surface area contributed by atoms with Crippen LogP contribution in [0.3, 0.4) is 0 Å². The molecule has 0 aliphatic rings. The number of hydrogen-bond donors (Lipinski definition) is 1. The molecule has 0 unspecified atom stereocenters. The molecule has 4 heteroatoms. The van der Waals surface area contributed by atoms with Gasteiger partial charge in [-0.25, -0.2) is 0 Å². The van der Waals surface area contributed by atoms with E-state index < -0.39 is 0 Å². The molecule has 0 spiro atoms. The third-order valence-electron chi connectivity index (χ3n) is 3.36. The van der Waals surface area contributed by atoms with Crippen molar-refractivity contribution in [3.8, 4) is 17.2 Å². The lowest BCUT2D eigenvalue weighted by Gasteiger charge is -2.15. The Hall–Kier alpha value is -1.68. The second-order valence-electron chi connectivity index (χ2n) is 5.11. The van der Waals surface area contributed by atoms with E-state index in [1.54, 1.807) is 21.3 Å². The van der Waals surface area contributed by atoms with Gasteiger partial charge in [0.05, 0.1) is 21.3 Å². The van der Waals surface area contributed by atoms with Gasteiger partial charge < -0.3 is 19.5 Å². The van der Waals surface area contributed by atoms with Crippen molar-refractivity contribution >= 4 is 6.08 Å². The molecule has 118 valence electrons. The van der Waals surface area contributed by atoms with Gasteiger partial charge in [-0.05, 0) is 30.2 Å². The fourth-order valence-electron chi connectivity index (χ4n) is 2.09. The molecule has 21 heavy (non-hydrogen) atoms. The summed E-state index contributed by atoms with van der Waals surface area (Å²) in [5.41, 5.74) is 2.39. The van der Waals surface area contributed by atoms with Crippen LogP contribution in [-0.2, 0) is 0 Å². The van der Waals surface area contributed by atoms with Gasteiger partial charge in [-0.1, -0.05) is 32.4 Å². The molecule has 0 heterocycles. The molecule has 0 atom stereocenters. The van der Waals surface area contributed by atoms with Crippen LogP contribution in [0.1, 0.15) is 26.3 Å². The van der Waals surface area contributed by atoms with Crippen molar-refractivity contribution in [3.05, 3.63) is 23.3 Å². The molecule has 0 aliphatic carbocycles. The standard InChI is InChI=1S/C17H27NO3/c1-7-18-11-14(12(2)3)8-13-9-15(19-4)17(21-6)16(10-13)20-5/h8-10,12,18H,7,11H2,1-6H3. The summed E-state index contributed by atoms with van der Waals surface area (Å²) in [6, 6.07) is 3.94. The van der Waals surface area contributed by atoms with E-state index in [0.717, 1.165) is 18.7 Å². The predicted molar refractivity (Wildman–Crippen MR) is 87.5 cm³/mol. The van der Waals surface area contributed by atoms with Crippen LogP contribution in [0.25, 0.3) is 6.08 Å². The summed E-state index contributed by atoms with van der Waals surface area (Å²) >= 11 is 0. The molecule has 0 bridgehead atoms. The molecule has 1 rings (SSSR count). The van der Waals surface area contributed by atoms with E-state index in [4.69, 9.17) is 14.2 Å². The van der Waals surface area contributed by atoms with Crippen LogP contribution in [0.5, 0.6) is 17.2 Å². The molecule has 4 nitrogen and oxygen atoms in total. The molecule has 0 amide bonds. The van der Waals surface area contributed by atoms with E-state index in [-0.39, 0.29) is 0 Å². The van der Waals surface area contributed by atoms with Crippen molar-refractivity contribution in [2.45, 2.75) is 20.8 Å². The highest BCUT2D eigenvalue weighted by Gasteiger charge is 2.13. The largest absolute Gasteiger partial charge is 0.493 e. The topological polar surface area (TPSA) is 39.7 Å². The second-order valence-corrected chi connectivity index (χ2v) is 5.11. The highest BCUT2D eigenvalue weighted by atomic mass is 16.5. The Bertz CT molecular complexity index is 456. The molecular weight excluding hydrogens is 266 g/mol. The van der Waals surface area contributed by atoms with E-state index in [1.165, 1.54) is 5.57 Å². The van der Waals surface area contributed by atoms with Crippen LogP contribution in [0.15, 0.2) is 17.7 Å². The van der Waals surface area contributed by atoms with Gasteiger partial charge in [0.15, 0.2) is 11.5 Å². The molecule has 1 N–H and O–H groups in total. The summed E-state index contributed by atoms with van der Waals surface area (Å²) in [6.45, 7) is 8.34. The average molecular weight is 293 g/mol. The number of likely N-dealkylation sites (N-methyl/N-ethyl adjacent to an activating group) is 1. The predicted octanol–water partition coefficient (Wildman–Crippen LogP) is 3.36. The van der Waals surface area contributed by atoms with E-state index in [1.807, 2.05) is 12.1 Å². The summed E-state index contributed by atoms with van der Waals surface area (Å²) in [4.78, 5) is 0. The van der Waals surface area contributed by atoms with E-state index in [2.05, 4.69) is 32.2 Å². The van der Waals surface area contributed by atoms with E-state index in [9.17, 15) is 0 Å². The SMILES string of the molecule is CCNCC(=Cc1cc(OC)c(OC)c(OC)c1)C(C)C. The Morgan fingerprint density at radius 2 is 1.67 bits per heavy atom. The molecular formula is C17H27NO3. The van der Waals surface area contributed by atoms with E-state index >= 15 is 0 Å². The first-order valence-electron chi connectivity index (χ1n) is 7.28. The molecule has 0 aromatic heterocycles. The van der Waals surface area contributed by atoms with Crippen molar-refractivity contribution in [3.63, 3.8) is 0 Å². The number of ether oxygens (including phenoxy) is 3. The zero-order chi connectivity index (χ0) is 15.8. The van der Waals surface area contributed by atoms with Crippen molar-refractivity contribution in [2.75, 3.05) is 34.4 Å². The fourth-order valence-corrected chi connectivity index (χ4v) is 2.09. The molecule has 1 aromatic carbocycles. The zero-order valence-corrected chi connectivity index (χ0v) is 13.9. The van der Waals surface area contributed by atoms with E-state index in [0.29, 0.717) is 23.2 Å². The number of methoxy groups -OCH3 is 3. The van der Waals surface area contributed by atoms with Crippen LogP contribution in [0, 0.1) is 5.92 Å². The maximum absolute atomic E-state index is 5.39. The first kappa shape index (κ1) is 17.4. The molecule has 0 fully saturated rings. The van der Waals surface area contributed by atoms with Crippen molar-refractivity contribution in [1.82, 2.24) is 5.32 Å². The number of nitrogens with one attached hydrogen (secondary N) is 1. The van der Waals surface area contributed by atoms with Gasteiger partial charge in [0.1, 0.15) is 0 Å². The minimum Gasteiger partial charge on any atom is -0.493 e. The third kappa shape index (κ3) is 4.67. The van der Waals surface area contributed by atoms with Gasteiger partial charge in [-0.3, -0.25) is 0 Å². The molecule has 0 aliphatic heterocycles. The fraction of sp³-hybridized carbons (Fsp3) is 0.529. The molecule has 0 saturated carbocycles. The number of benzene rings is 1. The van der Waals surface area contributed by atoms with Crippen LogP contribution in [-0.4, -0.2) is 34.4 Å². The summed E-state index contributed by atoms with van der Waals surface area (Å²) in [6.07, 6.45) is 2.18. The second kappa shape index (κ2) is 8.57. The van der Waals surface area contributed by atoms with Crippen molar-refractivity contribution in [2.24, 2.45) is 5.92 Å². The Morgan fingerprint density at radius 3 is 2.05 bits per heavy atom. The Morgan fingerprint density at radius 1 is 1.10 bits per heavy atom. The minimum absolute atomic E-state index is 0.475. The van der Waals surface area contributed by atoms with Crippen molar-refractivity contribution in [1.29, 1.82) is 0 Å². The molecule has 0 saturated heterocycles. The van der Waals surface area contributed by atoms with Crippen molar-refractivity contribution < 1.29 is 14.2 Å². The lowest BCUT2D eigenvalue weighted by Crippen LogP contribution is -2.18. The van der Waals surface area contributed by atoms with Crippen LogP contribution < -0.4 is 19.5 Å². The molecule has 0 radical (unpaired) electrons. The highest BCUT2D eigenvalue weighted by Crippen LogP contribution is 2.38. The van der Waals surface area contributed by atoms with Crippen LogP contribution in [0.2, 0.25) is 0 Å². The first-order valence-corrected chi connectivity index (χ1v) is 7.28. The normalized spacial score (nSPS) is 11.7. The Balaban J connectivity index is 3.22. The monoisotopic (exact) mass is 293 g/mol. The van der Waals surface area contributed by atoms with Crippen LogP contribution in [0.4, 0.5) is 0 Å². The van der Waals surface area contributed by atoms with Gasteiger partial charge in [0.25, 0.3) is 0 Å². The van der Waals surface area contributed by atoms with Gasteiger partial charge in [-0.15, -0.1) is 0 Å². The quantitative estimate of drug-likeness (QED) is 0.798. The average Bonchev–Trinajstić information content (AvgIpc) is 2.49. The first-order chi connectivity index (χ1) is 10.1. The lowest BCUT2D eigenvalue weighted by molar-refractivity contribution is 0.324. The molecule has 1 aromatic rings. The summed E-state index contributed by atoms with van der Waals surface area (Å²) in [5.74, 6) is 2.45. The van der Waals surface area contributed by atoms with Gasteiger partial charge in [0, 0.05) is 6.54 Å². The number of hydrogen-bond acceptors (Lipinski definition) is 4. The zero-order valence-electron chi connectivity index (χ0n) is 13.9. The number of rotatable bonds is 8. The highest BCUT2D eigenvalue weighted by molar-refractivity contribution is 5.63. The minimum atomic E-state index is 0.475. The van der Waals surface area contributed by atoms with Crippen LogP contribution >= 0.6 is 0 Å². The maximum Gasteiger partial charge on any atom is 0.203 e. The summed E-state index contributed by atoms with van der Waals surface area (Å²) in [5, 5.41) is 3.37. The smallest absolute Gasteiger partial charge is 0.203 e. The third-order valence-corrected chi connectivity index (χ3v) is 3.36. The Kier molecular flexibility index (Phi) is 7.09. The summed E-state index contributed by atoms with van der Waals surface area (Å²) in [7, 11) is 4.88. The van der Waals surface area contributed by atoms with Gasteiger partial charge >= 0.3 is 0 Å². The van der Waals surface area contributed by atoms with Gasteiger partial charge in [-0.2, -0.15) is 0 Å². The Labute approximate surface area is 128 Å².